The second kappa shape index (κ2) is 17.0. The van der Waals surface area contributed by atoms with Crippen LogP contribution in [0.3, 0.4) is 0 Å². The van der Waals surface area contributed by atoms with E-state index in [2.05, 4.69) is 20.6 Å². The van der Waals surface area contributed by atoms with Crippen LogP contribution in [0.4, 0.5) is 23.2 Å². The molecule has 0 spiro atoms. The normalized spacial score (nSPS) is 17.7. The molecule has 12 heteroatoms. The molecule has 0 aliphatic heterocycles. The molecule has 6 rings (SSSR count). The number of nitrogens with one attached hydrogen (secondary N) is 3. The lowest BCUT2D eigenvalue weighted by Crippen LogP contribution is -2.60. The molecule has 2 amide bonds. The highest BCUT2D eigenvalue weighted by Crippen LogP contribution is 2.41. The summed E-state index contributed by atoms with van der Waals surface area (Å²) in [4.78, 5) is 64.2. The van der Waals surface area contributed by atoms with Crippen LogP contribution in [-0.2, 0) is 44.6 Å². The molecule has 300 valence electrons. The third-order valence-corrected chi connectivity index (χ3v) is 12.0. The van der Waals surface area contributed by atoms with Crippen molar-refractivity contribution < 1.29 is 36.7 Å². The fraction of sp³-hybridized carbons (Fsp3) is 0.400. The van der Waals surface area contributed by atoms with E-state index in [1.165, 1.54) is 24.3 Å². The van der Waals surface area contributed by atoms with Crippen molar-refractivity contribution in [3.8, 4) is 0 Å². The molecule has 5 aromatic rings. The van der Waals surface area contributed by atoms with Crippen molar-refractivity contribution >= 4 is 50.7 Å². The van der Waals surface area contributed by atoms with Gasteiger partial charge in [-0.25, -0.2) is 4.39 Å². The number of Topliss-reactive ketones (excluding diaryl/α,β-unsaturated/α-hetero) is 2. The minimum absolute atomic E-state index is 0.0559. The molecule has 3 N–H and O–H groups in total. The summed E-state index contributed by atoms with van der Waals surface area (Å²) >= 11 is 0. The van der Waals surface area contributed by atoms with Gasteiger partial charge in [0.05, 0.1) is 11.1 Å². The van der Waals surface area contributed by atoms with Gasteiger partial charge in [-0.2, -0.15) is 13.2 Å². The first-order valence-corrected chi connectivity index (χ1v) is 19.6. The standard InChI is InChI=1S/C45H48F4N4O4/c1-5-26(3)33(22-30(54)21-28-11-7-8-15-37(28)46)43(57)53-44(19-17-39-35(24-44)32-13-10-14-36(41(32)51-39)45(47,48)49)40(55)23-34(27(4)6-2)42(56)52-38-16-9-12-29-25-50-20-18-31(29)38/h7-16,18,20,25-27,33-34,51H,5-6,17,19,21-24H2,1-4H3,(H,52,56)(H,53,57)/t26?,27?,33-,34-,44+/m0/s1. The SMILES string of the molecule is CCC(C)[C@H](CC(=O)[C@@]1(NC(=O)[C@@H](CC(=O)Cc2ccccc2F)C(C)CC)CCc2[nH]c3c(C(F)(F)F)cccc3c2C1)C(=O)Nc1cccc2cnccc12. The Morgan fingerprint density at radius 3 is 2.26 bits per heavy atom. The number of alkyl halides is 3. The Labute approximate surface area is 329 Å². The summed E-state index contributed by atoms with van der Waals surface area (Å²) in [6.45, 7) is 7.51. The Balaban J connectivity index is 1.36. The van der Waals surface area contributed by atoms with E-state index in [4.69, 9.17) is 0 Å². The summed E-state index contributed by atoms with van der Waals surface area (Å²) in [5, 5.41) is 7.97. The number of carbonyl (C=O) groups excluding carboxylic acids is 4. The van der Waals surface area contributed by atoms with Crippen molar-refractivity contribution in [2.24, 2.45) is 23.7 Å². The third kappa shape index (κ3) is 8.79. The van der Waals surface area contributed by atoms with E-state index in [-0.39, 0.29) is 73.1 Å². The number of hydrogen-bond acceptors (Lipinski definition) is 5. The molecule has 0 bridgehead atoms. The molecule has 0 radical (unpaired) electrons. The second-order valence-corrected chi connectivity index (χ2v) is 15.6. The number of aromatic amines is 1. The topological polar surface area (TPSA) is 121 Å². The van der Waals surface area contributed by atoms with Gasteiger partial charge in [-0.15, -0.1) is 0 Å². The molecule has 0 saturated carbocycles. The summed E-state index contributed by atoms with van der Waals surface area (Å²) in [6.07, 6.45) is -0.803. The minimum Gasteiger partial charge on any atom is -0.358 e. The zero-order chi connectivity index (χ0) is 41.1. The van der Waals surface area contributed by atoms with Gasteiger partial charge in [-0.05, 0) is 60.1 Å². The quantitative estimate of drug-likeness (QED) is 0.0915. The molecule has 5 atom stereocenters. The number of rotatable bonds is 15. The minimum atomic E-state index is -4.63. The van der Waals surface area contributed by atoms with Gasteiger partial charge in [-0.3, -0.25) is 24.2 Å². The Kier molecular flexibility index (Phi) is 12.3. The van der Waals surface area contributed by atoms with Crippen molar-refractivity contribution in [2.45, 2.75) is 90.8 Å². The first-order chi connectivity index (χ1) is 27.2. The average Bonchev–Trinajstić information content (AvgIpc) is 3.56. The maximum atomic E-state index is 15.0. The molecular weight excluding hydrogens is 737 g/mol. The number of para-hydroxylation sites is 1. The number of ketones is 2. The first-order valence-electron chi connectivity index (χ1n) is 19.6. The molecule has 1 aliphatic carbocycles. The van der Waals surface area contributed by atoms with Crippen LogP contribution in [0, 0.1) is 29.5 Å². The summed E-state index contributed by atoms with van der Waals surface area (Å²) in [6, 6.07) is 17.1. The Bertz CT molecular complexity index is 2300. The number of pyridine rings is 1. The number of fused-ring (bicyclic) bond motifs is 4. The lowest BCUT2D eigenvalue weighted by molar-refractivity contribution is -0.138. The number of aryl methyl sites for hydroxylation is 1. The van der Waals surface area contributed by atoms with Gasteiger partial charge in [0.2, 0.25) is 11.8 Å². The van der Waals surface area contributed by atoms with Gasteiger partial charge in [0.1, 0.15) is 17.1 Å². The summed E-state index contributed by atoms with van der Waals surface area (Å²) in [5.41, 5.74) is -0.738. The molecule has 2 unspecified atom stereocenters. The van der Waals surface area contributed by atoms with Crippen LogP contribution in [0.5, 0.6) is 0 Å². The van der Waals surface area contributed by atoms with Crippen LogP contribution in [-0.4, -0.2) is 38.9 Å². The van der Waals surface area contributed by atoms with Gasteiger partial charge < -0.3 is 15.6 Å². The number of hydrogen-bond donors (Lipinski definition) is 3. The number of benzene rings is 3. The molecule has 0 saturated heterocycles. The average molecular weight is 785 g/mol. The lowest BCUT2D eigenvalue weighted by Gasteiger charge is -2.39. The molecule has 8 nitrogen and oxygen atoms in total. The van der Waals surface area contributed by atoms with Gasteiger partial charge in [0, 0.05) is 77.5 Å². The predicted octanol–water partition coefficient (Wildman–Crippen LogP) is 9.34. The summed E-state index contributed by atoms with van der Waals surface area (Å²) < 4.78 is 56.9. The smallest absolute Gasteiger partial charge is 0.358 e. The Morgan fingerprint density at radius 2 is 1.56 bits per heavy atom. The first kappa shape index (κ1) is 41.2. The van der Waals surface area contributed by atoms with E-state index in [1.807, 2.05) is 33.8 Å². The van der Waals surface area contributed by atoms with E-state index in [9.17, 15) is 31.9 Å². The van der Waals surface area contributed by atoms with E-state index in [1.54, 1.807) is 42.7 Å². The van der Waals surface area contributed by atoms with Crippen molar-refractivity contribution in [3.63, 3.8) is 0 Å². The van der Waals surface area contributed by atoms with E-state index < -0.39 is 46.6 Å². The molecule has 57 heavy (non-hydrogen) atoms. The van der Waals surface area contributed by atoms with Crippen molar-refractivity contribution in [2.75, 3.05) is 5.32 Å². The third-order valence-electron chi connectivity index (χ3n) is 12.0. The van der Waals surface area contributed by atoms with Crippen LogP contribution in [0.1, 0.15) is 82.2 Å². The van der Waals surface area contributed by atoms with Gasteiger partial charge >= 0.3 is 6.18 Å². The van der Waals surface area contributed by atoms with Crippen molar-refractivity contribution in [3.05, 3.63) is 107 Å². The fourth-order valence-corrected chi connectivity index (χ4v) is 8.15. The van der Waals surface area contributed by atoms with Gasteiger partial charge in [-0.1, -0.05) is 83.0 Å². The van der Waals surface area contributed by atoms with Crippen molar-refractivity contribution in [1.82, 2.24) is 15.3 Å². The van der Waals surface area contributed by atoms with Crippen molar-refractivity contribution in [1.29, 1.82) is 0 Å². The molecule has 0 fully saturated rings. The second-order valence-electron chi connectivity index (χ2n) is 15.6. The van der Waals surface area contributed by atoms with Crippen LogP contribution in [0.25, 0.3) is 21.7 Å². The zero-order valence-corrected chi connectivity index (χ0v) is 32.6. The van der Waals surface area contributed by atoms with Crippen LogP contribution in [0.2, 0.25) is 0 Å². The summed E-state index contributed by atoms with van der Waals surface area (Å²) in [7, 11) is 0. The number of nitrogens with zero attached hydrogens (tertiary/aromatic N) is 1. The summed E-state index contributed by atoms with van der Waals surface area (Å²) in [5.74, 6) is -4.49. The fourth-order valence-electron chi connectivity index (χ4n) is 8.15. The van der Waals surface area contributed by atoms with E-state index in [0.717, 1.165) is 16.8 Å². The number of H-pyrrole nitrogens is 1. The lowest BCUT2D eigenvalue weighted by atomic mass is 9.72. The maximum Gasteiger partial charge on any atom is 0.418 e. The number of aromatic nitrogens is 2. The number of carbonyl (C=O) groups is 4. The highest BCUT2D eigenvalue weighted by molar-refractivity contribution is 6.05. The molecular formula is C45H48F4N4O4. The van der Waals surface area contributed by atoms with Crippen LogP contribution >= 0.6 is 0 Å². The highest BCUT2D eigenvalue weighted by atomic mass is 19.4. The van der Waals surface area contributed by atoms with Gasteiger partial charge in [0.25, 0.3) is 0 Å². The van der Waals surface area contributed by atoms with Gasteiger partial charge in [0.15, 0.2) is 5.78 Å². The number of halogens is 4. The molecule has 1 aliphatic rings. The highest BCUT2D eigenvalue weighted by Gasteiger charge is 2.47. The number of anilines is 1. The Hall–Kier alpha value is -5.39. The largest absolute Gasteiger partial charge is 0.418 e. The maximum absolute atomic E-state index is 15.0. The Morgan fingerprint density at radius 1 is 0.860 bits per heavy atom. The zero-order valence-electron chi connectivity index (χ0n) is 32.6. The molecule has 3 aromatic carbocycles. The monoisotopic (exact) mass is 784 g/mol. The molecule has 2 aromatic heterocycles. The van der Waals surface area contributed by atoms with Crippen LogP contribution < -0.4 is 10.6 Å². The van der Waals surface area contributed by atoms with E-state index >= 15 is 4.79 Å². The number of amides is 2. The predicted molar refractivity (Wildman–Crippen MR) is 212 cm³/mol. The molecule has 2 heterocycles. The van der Waals surface area contributed by atoms with E-state index in [0.29, 0.717) is 35.2 Å². The van der Waals surface area contributed by atoms with Crippen LogP contribution in [0.15, 0.2) is 79.1 Å².